The molecule has 1 aromatic heterocycles. The average Bonchev–Trinajstić information content (AvgIpc) is 3.46. The minimum Gasteiger partial charge on any atom is -0.342 e. The van der Waals surface area contributed by atoms with Crippen LogP contribution in [0.2, 0.25) is 0 Å². The standard InChI is InChI=1S/C28H25F2N3O3/c29-23-8-6-20(7-9-23)21-10-12-32(18-21)25(34)14-28(22-4-1-5-24(30)13-22)15-26(35)33(27(28)36)17-19-3-2-11-31-16-19/h1-9,11,13,16,21H,10,12,14-15,17-18H2/t21-,28+/m1/s1. The molecular weight excluding hydrogens is 464 g/mol. The Morgan fingerprint density at radius 1 is 1.03 bits per heavy atom. The van der Waals surface area contributed by atoms with Gasteiger partial charge in [0.2, 0.25) is 17.7 Å². The van der Waals surface area contributed by atoms with Gasteiger partial charge < -0.3 is 4.90 Å². The van der Waals surface area contributed by atoms with Crippen molar-refractivity contribution in [1.29, 1.82) is 0 Å². The van der Waals surface area contributed by atoms with E-state index in [-0.39, 0.29) is 37.0 Å². The Bertz CT molecular complexity index is 1300. The average molecular weight is 490 g/mol. The predicted molar refractivity (Wildman–Crippen MR) is 127 cm³/mol. The monoisotopic (exact) mass is 489 g/mol. The molecule has 2 aromatic carbocycles. The molecule has 184 valence electrons. The second-order valence-electron chi connectivity index (χ2n) is 9.47. The van der Waals surface area contributed by atoms with Crippen LogP contribution < -0.4 is 0 Å². The lowest BCUT2D eigenvalue weighted by Crippen LogP contribution is -2.43. The normalized spacial score (nSPS) is 21.9. The van der Waals surface area contributed by atoms with Gasteiger partial charge in [-0.1, -0.05) is 30.3 Å². The first-order valence-electron chi connectivity index (χ1n) is 11.9. The van der Waals surface area contributed by atoms with E-state index < -0.39 is 23.0 Å². The maximum atomic E-state index is 14.2. The first kappa shape index (κ1) is 23.8. The molecule has 2 atom stereocenters. The molecular formula is C28H25F2N3O3. The number of hydrogen-bond acceptors (Lipinski definition) is 4. The highest BCUT2D eigenvalue weighted by Crippen LogP contribution is 2.42. The largest absolute Gasteiger partial charge is 0.342 e. The fraction of sp³-hybridized carbons (Fsp3) is 0.286. The smallest absolute Gasteiger partial charge is 0.241 e. The number of benzene rings is 2. The summed E-state index contributed by atoms with van der Waals surface area (Å²) in [6.07, 6.45) is 3.44. The van der Waals surface area contributed by atoms with Crippen LogP contribution in [0.5, 0.6) is 0 Å². The predicted octanol–water partition coefficient (Wildman–Crippen LogP) is 3.96. The molecule has 0 N–H and O–H groups in total. The molecule has 2 saturated heterocycles. The summed E-state index contributed by atoms with van der Waals surface area (Å²) in [6.45, 7) is 0.958. The van der Waals surface area contributed by atoms with Crippen LogP contribution in [0, 0.1) is 11.6 Å². The maximum absolute atomic E-state index is 14.2. The lowest BCUT2D eigenvalue weighted by Gasteiger charge is -2.29. The van der Waals surface area contributed by atoms with E-state index in [1.165, 1.54) is 30.3 Å². The van der Waals surface area contributed by atoms with E-state index in [4.69, 9.17) is 0 Å². The quantitative estimate of drug-likeness (QED) is 0.492. The minimum absolute atomic E-state index is 0.0348. The highest BCUT2D eigenvalue weighted by Gasteiger charge is 2.54. The first-order chi connectivity index (χ1) is 17.4. The molecule has 0 spiro atoms. The molecule has 2 fully saturated rings. The summed E-state index contributed by atoms with van der Waals surface area (Å²) in [6, 6.07) is 15.3. The summed E-state index contributed by atoms with van der Waals surface area (Å²) in [4.78, 5) is 47.2. The van der Waals surface area contributed by atoms with Crippen molar-refractivity contribution in [3.05, 3.63) is 101 Å². The van der Waals surface area contributed by atoms with Crippen molar-refractivity contribution in [2.75, 3.05) is 13.1 Å². The van der Waals surface area contributed by atoms with E-state index in [1.54, 1.807) is 47.6 Å². The summed E-state index contributed by atoms with van der Waals surface area (Å²) in [7, 11) is 0. The second-order valence-corrected chi connectivity index (χ2v) is 9.47. The number of rotatable bonds is 6. The fourth-order valence-electron chi connectivity index (χ4n) is 5.25. The van der Waals surface area contributed by atoms with E-state index in [0.717, 1.165) is 10.5 Å². The van der Waals surface area contributed by atoms with Crippen molar-refractivity contribution in [3.63, 3.8) is 0 Å². The van der Waals surface area contributed by atoms with Gasteiger partial charge in [0.1, 0.15) is 11.6 Å². The zero-order valence-corrected chi connectivity index (χ0v) is 19.6. The molecule has 3 amide bonds. The van der Waals surface area contributed by atoms with Crippen LogP contribution in [-0.2, 0) is 26.3 Å². The second kappa shape index (κ2) is 9.60. The number of pyridine rings is 1. The van der Waals surface area contributed by atoms with E-state index >= 15 is 0 Å². The Hall–Kier alpha value is -3.94. The van der Waals surface area contributed by atoms with Crippen LogP contribution in [0.25, 0.3) is 0 Å². The lowest BCUT2D eigenvalue weighted by atomic mass is 9.75. The van der Waals surface area contributed by atoms with Crippen molar-refractivity contribution in [1.82, 2.24) is 14.8 Å². The van der Waals surface area contributed by atoms with Gasteiger partial charge in [0.25, 0.3) is 0 Å². The number of hydrogen-bond donors (Lipinski definition) is 0. The summed E-state index contributed by atoms with van der Waals surface area (Å²) in [5.41, 5.74) is 0.465. The van der Waals surface area contributed by atoms with Gasteiger partial charge in [-0.15, -0.1) is 0 Å². The molecule has 0 aliphatic carbocycles. The summed E-state index contributed by atoms with van der Waals surface area (Å²) in [5.74, 6) is -1.99. The molecule has 2 aliphatic heterocycles. The van der Waals surface area contributed by atoms with Crippen molar-refractivity contribution >= 4 is 17.7 Å². The van der Waals surface area contributed by atoms with Crippen molar-refractivity contribution < 1.29 is 23.2 Å². The Morgan fingerprint density at radius 3 is 2.56 bits per heavy atom. The van der Waals surface area contributed by atoms with E-state index in [0.29, 0.717) is 30.6 Å². The van der Waals surface area contributed by atoms with Gasteiger partial charge in [0.05, 0.1) is 12.0 Å². The zero-order chi connectivity index (χ0) is 25.3. The molecule has 6 nitrogen and oxygen atoms in total. The fourth-order valence-corrected chi connectivity index (χ4v) is 5.25. The third-order valence-electron chi connectivity index (χ3n) is 7.18. The van der Waals surface area contributed by atoms with Gasteiger partial charge >= 0.3 is 0 Å². The molecule has 0 unspecified atom stereocenters. The van der Waals surface area contributed by atoms with Crippen molar-refractivity contribution in [3.8, 4) is 0 Å². The number of aromatic nitrogens is 1. The van der Waals surface area contributed by atoms with Crippen molar-refractivity contribution in [2.45, 2.75) is 37.1 Å². The Morgan fingerprint density at radius 2 is 1.83 bits per heavy atom. The first-order valence-corrected chi connectivity index (χ1v) is 11.9. The Kier molecular flexibility index (Phi) is 6.35. The molecule has 3 aromatic rings. The topological polar surface area (TPSA) is 70.6 Å². The van der Waals surface area contributed by atoms with Crippen LogP contribution in [0.15, 0.2) is 73.1 Å². The number of imide groups is 1. The lowest BCUT2D eigenvalue weighted by molar-refractivity contribution is -0.143. The number of carbonyl (C=O) groups excluding carboxylic acids is 3. The molecule has 2 aliphatic rings. The number of carbonyl (C=O) groups is 3. The number of amides is 3. The van der Waals surface area contributed by atoms with Crippen LogP contribution in [0.1, 0.15) is 41.9 Å². The summed E-state index contributed by atoms with van der Waals surface area (Å²) in [5, 5.41) is 0. The molecule has 0 bridgehead atoms. The van der Waals surface area contributed by atoms with Crippen LogP contribution >= 0.6 is 0 Å². The van der Waals surface area contributed by atoms with Crippen LogP contribution in [0.3, 0.4) is 0 Å². The van der Waals surface area contributed by atoms with E-state index in [2.05, 4.69) is 4.98 Å². The molecule has 3 heterocycles. The molecule has 36 heavy (non-hydrogen) atoms. The minimum atomic E-state index is -1.48. The Balaban J connectivity index is 1.40. The van der Waals surface area contributed by atoms with Crippen LogP contribution in [0.4, 0.5) is 8.78 Å². The van der Waals surface area contributed by atoms with E-state index in [9.17, 15) is 23.2 Å². The van der Waals surface area contributed by atoms with Gasteiger partial charge in [-0.25, -0.2) is 8.78 Å². The molecule has 0 saturated carbocycles. The van der Waals surface area contributed by atoms with Gasteiger partial charge in [-0.05, 0) is 53.4 Å². The van der Waals surface area contributed by atoms with Gasteiger partial charge in [0.15, 0.2) is 0 Å². The number of nitrogens with zero attached hydrogens (tertiary/aromatic N) is 3. The summed E-state index contributed by atoms with van der Waals surface area (Å²) < 4.78 is 27.5. The maximum Gasteiger partial charge on any atom is 0.241 e. The Labute approximate surface area is 207 Å². The van der Waals surface area contributed by atoms with Gasteiger partial charge in [0, 0.05) is 44.2 Å². The van der Waals surface area contributed by atoms with Gasteiger partial charge in [-0.2, -0.15) is 0 Å². The van der Waals surface area contributed by atoms with E-state index in [1.807, 2.05) is 0 Å². The molecule has 8 heteroatoms. The third kappa shape index (κ3) is 4.51. The summed E-state index contributed by atoms with van der Waals surface area (Å²) >= 11 is 0. The molecule has 0 radical (unpaired) electrons. The highest BCUT2D eigenvalue weighted by molar-refractivity contribution is 6.10. The number of likely N-dealkylation sites (tertiary alicyclic amines) is 2. The molecule has 5 rings (SSSR count). The number of halogens is 2. The van der Waals surface area contributed by atoms with Gasteiger partial charge in [-0.3, -0.25) is 24.3 Å². The third-order valence-corrected chi connectivity index (χ3v) is 7.18. The zero-order valence-electron chi connectivity index (χ0n) is 19.6. The highest BCUT2D eigenvalue weighted by atomic mass is 19.1. The SMILES string of the molecule is O=C(C[C@@]1(c2cccc(F)c2)CC(=O)N(Cc2cccnc2)C1=O)N1CC[C@@H](c2ccc(F)cc2)C1. The van der Waals surface area contributed by atoms with Crippen LogP contribution in [-0.4, -0.2) is 45.6 Å². The van der Waals surface area contributed by atoms with Crippen molar-refractivity contribution in [2.24, 2.45) is 0 Å².